The molecule has 0 bridgehead atoms. The number of aromatic nitrogens is 2. The normalized spacial score (nSPS) is 10.0. The Kier molecular flexibility index (Phi) is 5.20. The monoisotopic (exact) mass is 343 g/mol. The van der Waals surface area contributed by atoms with E-state index in [1.54, 1.807) is 24.3 Å². The number of nitriles is 1. The van der Waals surface area contributed by atoms with Gasteiger partial charge in [-0.15, -0.1) is 0 Å². The molecule has 0 unspecified atom stereocenters. The topological polar surface area (TPSA) is 90.7 Å². The highest BCUT2D eigenvalue weighted by atomic mass is 16.1. The molecule has 26 heavy (non-hydrogen) atoms. The minimum atomic E-state index is -0.354. The van der Waals surface area contributed by atoms with Gasteiger partial charge < -0.3 is 10.6 Å². The second-order valence-electron chi connectivity index (χ2n) is 5.77. The molecule has 6 nitrogen and oxygen atoms in total. The van der Waals surface area contributed by atoms with Crippen LogP contribution in [0.1, 0.15) is 27.2 Å². The molecule has 3 rings (SSSR count). The fourth-order valence-corrected chi connectivity index (χ4v) is 2.26. The Morgan fingerprint density at radius 2 is 1.77 bits per heavy atom. The zero-order valence-corrected chi connectivity index (χ0v) is 14.2. The van der Waals surface area contributed by atoms with Crippen molar-refractivity contribution in [3.8, 4) is 6.07 Å². The van der Waals surface area contributed by atoms with Gasteiger partial charge in [0.2, 0.25) is 0 Å². The molecule has 3 aromatic rings. The maximum Gasteiger partial charge on any atom is 0.275 e. The van der Waals surface area contributed by atoms with Crippen LogP contribution < -0.4 is 10.6 Å². The number of hydrogen-bond donors (Lipinski definition) is 2. The van der Waals surface area contributed by atoms with Crippen LogP contribution >= 0.6 is 0 Å². The van der Waals surface area contributed by atoms with E-state index >= 15 is 0 Å². The first-order valence-corrected chi connectivity index (χ1v) is 8.07. The second kappa shape index (κ2) is 7.90. The first-order chi connectivity index (χ1) is 12.6. The van der Waals surface area contributed by atoms with E-state index in [2.05, 4.69) is 44.9 Å². The lowest BCUT2D eigenvalue weighted by molar-refractivity contribution is 0.102. The van der Waals surface area contributed by atoms with Gasteiger partial charge in [-0.3, -0.25) is 4.79 Å². The number of aryl methyl sites for hydroxylation is 1. The molecule has 0 fully saturated rings. The van der Waals surface area contributed by atoms with Crippen molar-refractivity contribution in [2.24, 2.45) is 0 Å². The van der Waals surface area contributed by atoms with Crippen LogP contribution in [0.2, 0.25) is 0 Å². The Hall–Kier alpha value is -3.72. The van der Waals surface area contributed by atoms with Crippen molar-refractivity contribution in [2.75, 3.05) is 10.6 Å². The predicted molar refractivity (Wildman–Crippen MR) is 99.6 cm³/mol. The Labute approximate surface area is 151 Å². The average molecular weight is 343 g/mol. The van der Waals surface area contributed by atoms with Gasteiger partial charge in [-0.1, -0.05) is 29.8 Å². The molecule has 1 heterocycles. The summed E-state index contributed by atoms with van der Waals surface area (Å²) < 4.78 is 0. The molecule has 0 aliphatic heterocycles. The van der Waals surface area contributed by atoms with Gasteiger partial charge in [-0.25, -0.2) is 9.97 Å². The molecule has 0 radical (unpaired) electrons. The molecule has 0 saturated carbocycles. The fourth-order valence-electron chi connectivity index (χ4n) is 2.26. The molecular weight excluding hydrogens is 326 g/mol. The van der Waals surface area contributed by atoms with Crippen LogP contribution in [-0.4, -0.2) is 15.9 Å². The van der Waals surface area contributed by atoms with E-state index in [0.29, 0.717) is 23.6 Å². The first kappa shape index (κ1) is 17.1. The summed E-state index contributed by atoms with van der Waals surface area (Å²) in [6.07, 6.45) is 2.96. The molecule has 1 aromatic heterocycles. The number of anilines is 2. The van der Waals surface area contributed by atoms with E-state index in [1.165, 1.54) is 18.0 Å². The third-order valence-electron chi connectivity index (χ3n) is 3.75. The smallest absolute Gasteiger partial charge is 0.275 e. The molecule has 0 atom stereocenters. The molecule has 0 aliphatic rings. The highest BCUT2D eigenvalue weighted by molar-refractivity contribution is 6.02. The SMILES string of the molecule is Cc1ccc(CNc2cnc(C(=O)Nc3ccc(C#N)cc3)cn2)cc1. The number of rotatable bonds is 5. The number of carbonyl (C=O) groups excluding carboxylic acids is 1. The summed E-state index contributed by atoms with van der Waals surface area (Å²) in [5.74, 6) is 0.243. The number of nitrogens with one attached hydrogen (secondary N) is 2. The van der Waals surface area contributed by atoms with Gasteiger partial charge in [0.05, 0.1) is 24.0 Å². The Morgan fingerprint density at radius 1 is 1.04 bits per heavy atom. The fraction of sp³-hybridized carbons (Fsp3) is 0.100. The van der Waals surface area contributed by atoms with Crippen molar-refractivity contribution in [2.45, 2.75) is 13.5 Å². The third kappa shape index (κ3) is 4.42. The number of carbonyl (C=O) groups is 1. The molecule has 6 heteroatoms. The number of nitrogens with zero attached hydrogens (tertiary/aromatic N) is 3. The predicted octanol–water partition coefficient (Wildman–Crippen LogP) is 3.52. The average Bonchev–Trinajstić information content (AvgIpc) is 2.68. The van der Waals surface area contributed by atoms with Gasteiger partial charge >= 0.3 is 0 Å². The van der Waals surface area contributed by atoms with Gasteiger partial charge in [0.25, 0.3) is 5.91 Å². The number of hydrogen-bond acceptors (Lipinski definition) is 5. The van der Waals surface area contributed by atoms with Crippen LogP contribution in [0.5, 0.6) is 0 Å². The summed E-state index contributed by atoms with van der Waals surface area (Å²) >= 11 is 0. The van der Waals surface area contributed by atoms with Crippen molar-refractivity contribution in [1.82, 2.24) is 9.97 Å². The quantitative estimate of drug-likeness (QED) is 0.739. The van der Waals surface area contributed by atoms with Crippen molar-refractivity contribution < 1.29 is 4.79 Å². The minimum absolute atomic E-state index is 0.218. The van der Waals surface area contributed by atoms with E-state index in [-0.39, 0.29) is 11.6 Å². The summed E-state index contributed by atoms with van der Waals surface area (Å²) in [7, 11) is 0. The lowest BCUT2D eigenvalue weighted by atomic mass is 10.1. The highest BCUT2D eigenvalue weighted by Gasteiger charge is 2.08. The Balaban J connectivity index is 1.58. The van der Waals surface area contributed by atoms with Gasteiger partial charge in [-0.2, -0.15) is 5.26 Å². The highest BCUT2D eigenvalue weighted by Crippen LogP contribution is 2.11. The van der Waals surface area contributed by atoms with Gasteiger partial charge in [-0.05, 0) is 36.8 Å². The van der Waals surface area contributed by atoms with Gasteiger partial charge in [0, 0.05) is 12.2 Å². The van der Waals surface area contributed by atoms with E-state index < -0.39 is 0 Å². The Bertz CT molecular complexity index is 926. The molecular formula is C20H17N5O. The lowest BCUT2D eigenvalue weighted by Crippen LogP contribution is -2.14. The second-order valence-corrected chi connectivity index (χ2v) is 5.77. The van der Waals surface area contributed by atoms with E-state index in [1.807, 2.05) is 13.0 Å². The number of benzene rings is 2. The van der Waals surface area contributed by atoms with Crippen LogP contribution in [0.4, 0.5) is 11.5 Å². The number of amides is 1. The lowest BCUT2D eigenvalue weighted by Gasteiger charge is -2.07. The van der Waals surface area contributed by atoms with Crippen LogP contribution in [0.25, 0.3) is 0 Å². The molecule has 0 saturated heterocycles. The Morgan fingerprint density at radius 3 is 2.38 bits per heavy atom. The molecule has 2 N–H and O–H groups in total. The van der Waals surface area contributed by atoms with Gasteiger partial charge in [0.15, 0.2) is 0 Å². The van der Waals surface area contributed by atoms with Crippen molar-refractivity contribution in [3.63, 3.8) is 0 Å². The summed E-state index contributed by atoms with van der Waals surface area (Å²) in [5, 5.41) is 14.7. The first-order valence-electron chi connectivity index (χ1n) is 8.07. The molecule has 1 amide bonds. The van der Waals surface area contributed by atoms with Crippen LogP contribution in [0, 0.1) is 18.3 Å². The van der Waals surface area contributed by atoms with Crippen molar-refractivity contribution >= 4 is 17.4 Å². The van der Waals surface area contributed by atoms with Crippen LogP contribution in [0.3, 0.4) is 0 Å². The van der Waals surface area contributed by atoms with E-state index in [4.69, 9.17) is 5.26 Å². The molecule has 128 valence electrons. The zero-order valence-electron chi connectivity index (χ0n) is 14.2. The molecule has 2 aromatic carbocycles. The third-order valence-corrected chi connectivity index (χ3v) is 3.75. The standard InChI is InChI=1S/C20H17N5O/c1-14-2-4-16(5-3-14)11-23-19-13-22-18(12-24-19)20(26)25-17-8-6-15(10-21)7-9-17/h2-9,12-13H,11H2,1H3,(H,23,24)(H,25,26). The largest absolute Gasteiger partial charge is 0.365 e. The summed E-state index contributed by atoms with van der Waals surface area (Å²) in [6, 6.07) is 16.9. The molecule has 0 spiro atoms. The zero-order chi connectivity index (χ0) is 18.4. The van der Waals surface area contributed by atoms with Crippen LogP contribution in [-0.2, 0) is 6.54 Å². The summed E-state index contributed by atoms with van der Waals surface area (Å²) in [4.78, 5) is 20.6. The summed E-state index contributed by atoms with van der Waals surface area (Å²) in [5.41, 5.74) is 3.70. The maximum absolute atomic E-state index is 12.2. The van der Waals surface area contributed by atoms with Crippen molar-refractivity contribution in [1.29, 1.82) is 5.26 Å². The minimum Gasteiger partial charge on any atom is -0.365 e. The maximum atomic E-state index is 12.2. The van der Waals surface area contributed by atoms with Crippen LogP contribution in [0.15, 0.2) is 60.9 Å². The van der Waals surface area contributed by atoms with E-state index in [0.717, 1.165) is 5.56 Å². The molecule has 0 aliphatic carbocycles. The van der Waals surface area contributed by atoms with Crippen molar-refractivity contribution in [3.05, 3.63) is 83.3 Å². The van der Waals surface area contributed by atoms with E-state index in [9.17, 15) is 4.79 Å². The van der Waals surface area contributed by atoms with Gasteiger partial charge in [0.1, 0.15) is 11.5 Å². The summed E-state index contributed by atoms with van der Waals surface area (Å²) in [6.45, 7) is 2.68.